The van der Waals surface area contributed by atoms with Crippen molar-refractivity contribution >= 4 is 17.3 Å². The van der Waals surface area contributed by atoms with Crippen LogP contribution in [0.1, 0.15) is 31.3 Å². The van der Waals surface area contributed by atoms with Crippen molar-refractivity contribution in [1.82, 2.24) is 9.78 Å². The van der Waals surface area contributed by atoms with Crippen molar-refractivity contribution in [1.29, 1.82) is 0 Å². The first-order valence-electron chi connectivity index (χ1n) is 7.37. The number of nitrogens with one attached hydrogen (secondary N) is 1. The minimum absolute atomic E-state index is 0.183. The van der Waals surface area contributed by atoms with Gasteiger partial charge in [0.25, 0.3) is 5.91 Å². The van der Waals surface area contributed by atoms with Crippen LogP contribution in [0.15, 0.2) is 36.5 Å². The molecular formula is C16H22N4O. The Labute approximate surface area is 125 Å². The summed E-state index contributed by atoms with van der Waals surface area (Å²) in [6, 6.07) is 9.61. The largest absolute Gasteiger partial charge is 0.372 e. The first kappa shape index (κ1) is 15.1. The van der Waals surface area contributed by atoms with Crippen LogP contribution in [0.4, 0.5) is 11.4 Å². The van der Waals surface area contributed by atoms with E-state index in [0.29, 0.717) is 5.69 Å². The maximum absolute atomic E-state index is 12.1. The Hall–Kier alpha value is -2.30. The zero-order valence-corrected chi connectivity index (χ0v) is 12.8. The molecule has 2 aromatic rings. The molecular weight excluding hydrogens is 264 g/mol. The fourth-order valence-corrected chi connectivity index (χ4v) is 2.20. The first-order valence-corrected chi connectivity index (χ1v) is 7.37. The van der Waals surface area contributed by atoms with E-state index in [1.807, 2.05) is 31.2 Å². The zero-order valence-electron chi connectivity index (χ0n) is 12.8. The molecule has 5 nitrogen and oxygen atoms in total. The quantitative estimate of drug-likeness (QED) is 0.888. The van der Waals surface area contributed by atoms with Gasteiger partial charge in [0, 0.05) is 37.2 Å². The van der Waals surface area contributed by atoms with Gasteiger partial charge in [0.2, 0.25) is 0 Å². The second kappa shape index (κ2) is 6.92. The number of amides is 1. The van der Waals surface area contributed by atoms with Crippen molar-refractivity contribution in [3.05, 3.63) is 42.2 Å². The molecule has 21 heavy (non-hydrogen) atoms. The first-order chi connectivity index (χ1) is 10.2. The lowest BCUT2D eigenvalue weighted by atomic mass is 10.2. The van der Waals surface area contributed by atoms with Crippen molar-refractivity contribution in [3.63, 3.8) is 0 Å². The summed E-state index contributed by atoms with van der Waals surface area (Å²) in [5.41, 5.74) is 2.37. The van der Waals surface area contributed by atoms with E-state index in [9.17, 15) is 4.79 Å². The third kappa shape index (κ3) is 3.62. The second-order valence-corrected chi connectivity index (χ2v) is 4.73. The predicted molar refractivity (Wildman–Crippen MR) is 85.9 cm³/mol. The number of carbonyl (C=O) groups is 1. The van der Waals surface area contributed by atoms with Gasteiger partial charge in [-0.15, -0.1) is 0 Å². The lowest BCUT2D eigenvalue weighted by Gasteiger charge is -2.21. The highest BCUT2D eigenvalue weighted by molar-refractivity contribution is 6.02. The fraction of sp³-hybridized carbons (Fsp3) is 0.375. The summed E-state index contributed by atoms with van der Waals surface area (Å²) in [4.78, 5) is 14.3. The smallest absolute Gasteiger partial charge is 0.276 e. The molecule has 0 bridgehead atoms. The molecule has 1 aromatic heterocycles. The van der Waals surface area contributed by atoms with Gasteiger partial charge in [0.1, 0.15) is 0 Å². The van der Waals surface area contributed by atoms with E-state index in [1.165, 1.54) is 0 Å². The molecule has 0 saturated heterocycles. The number of carbonyl (C=O) groups excluding carboxylic acids is 1. The van der Waals surface area contributed by atoms with Gasteiger partial charge in [-0.2, -0.15) is 5.10 Å². The van der Waals surface area contributed by atoms with E-state index in [4.69, 9.17) is 0 Å². The molecule has 0 fully saturated rings. The summed E-state index contributed by atoms with van der Waals surface area (Å²) in [7, 11) is 0. The molecule has 0 radical (unpaired) electrons. The van der Waals surface area contributed by atoms with E-state index < -0.39 is 0 Å². The van der Waals surface area contributed by atoms with Gasteiger partial charge in [-0.05, 0) is 51.1 Å². The number of aryl methyl sites for hydroxylation is 1. The van der Waals surface area contributed by atoms with Crippen LogP contribution in [0.2, 0.25) is 0 Å². The highest BCUT2D eigenvalue weighted by Gasteiger charge is 2.09. The van der Waals surface area contributed by atoms with Crippen LogP contribution in [-0.4, -0.2) is 28.8 Å². The minimum Gasteiger partial charge on any atom is -0.372 e. The van der Waals surface area contributed by atoms with E-state index in [0.717, 1.165) is 31.0 Å². The number of benzene rings is 1. The number of nitrogens with zero attached hydrogens (tertiary/aromatic N) is 3. The molecule has 0 unspecified atom stereocenters. The average molecular weight is 286 g/mol. The topological polar surface area (TPSA) is 50.2 Å². The summed E-state index contributed by atoms with van der Waals surface area (Å²) in [6.45, 7) is 8.94. The molecule has 1 amide bonds. The summed E-state index contributed by atoms with van der Waals surface area (Å²) >= 11 is 0. The summed E-state index contributed by atoms with van der Waals surface area (Å²) < 4.78 is 1.73. The standard InChI is InChI=1S/C16H22N4O/c1-4-19(5-2)14-9-7-13(8-10-14)17-16(21)15-11-12-20(6-3)18-15/h7-12H,4-6H2,1-3H3,(H,17,21). The number of aromatic nitrogens is 2. The third-order valence-corrected chi connectivity index (χ3v) is 3.45. The summed E-state index contributed by atoms with van der Waals surface area (Å²) in [6.07, 6.45) is 1.80. The second-order valence-electron chi connectivity index (χ2n) is 4.73. The molecule has 0 atom stereocenters. The normalized spacial score (nSPS) is 10.4. The van der Waals surface area contributed by atoms with E-state index >= 15 is 0 Å². The van der Waals surface area contributed by atoms with Gasteiger partial charge >= 0.3 is 0 Å². The predicted octanol–water partition coefficient (Wildman–Crippen LogP) is 3.00. The molecule has 0 saturated carbocycles. The lowest BCUT2D eigenvalue weighted by molar-refractivity contribution is 0.102. The monoisotopic (exact) mass is 286 g/mol. The van der Waals surface area contributed by atoms with Crippen LogP contribution in [0, 0.1) is 0 Å². The maximum Gasteiger partial charge on any atom is 0.276 e. The fourth-order valence-electron chi connectivity index (χ4n) is 2.20. The number of hydrogen-bond donors (Lipinski definition) is 1. The van der Waals surface area contributed by atoms with Gasteiger partial charge in [0.15, 0.2) is 5.69 Å². The highest BCUT2D eigenvalue weighted by Crippen LogP contribution is 2.18. The molecule has 1 N–H and O–H groups in total. The van der Waals surface area contributed by atoms with E-state index in [1.54, 1.807) is 16.9 Å². The minimum atomic E-state index is -0.183. The van der Waals surface area contributed by atoms with Gasteiger partial charge in [-0.25, -0.2) is 0 Å². The Morgan fingerprint density at radius 3 is 2.33 bits per heavy atom. The summed E-state index contributed by atoms with van der Waals surface area (Å²) in [5.74, 6) is -0.183. The maximum atomic E-state index is 12.1. The van der Waals surface area contributed by atoms with Crippen molar-refractivity contribution in [2.75, 3.05) is 23.3 Å². The zero-order chi connectivity index (χ0) is 15.2. The molecule has 0 aliphatic carbocycles. The van der Waals surface area contributed by atoms with Crippen molar-refractivity contribution in [3.8, 4) is 0 Å². The van der Waals surface area contributed by atoms with E-state index in [2.05, 4.69) is 29.2 Å². The highest BCUT2D eigenvalue weighted by atomic mass is 16.1. The molecule has 0 aliphatic heterocycles. The molecule has 1 heterocycles. The Morgan fingerprint density at radius 1 is 1.14 bits per heavy atom. The molecule has 2 rings (SSSR count). The molecule has 0 aliphatic rings. The molecule has 112 valence electrons. The van der Waals surface area contributed by atoms with Crippen molar-refractivity contribution in [2.45, 2.75) is 27.3 Å². The van der Waals surface area contributed by atoms with Crippen LogP contribution in [-0.2, 0) is 6.54 Å². The Balaban J connectivity index is 2.04. The van der Waals surface area contributed by atoms with Crippen LogP contribution < -0.4 is 10.2 Å². The average Bonchev–Trinajstić information content (AvgIpc) is 2.99. The molecule has 5 heteroatoms. The van der Waals surface area contributed by atoms with E-state index in [-0.39, 0.29) is 5.91 Å². The number of anilines is 2. The van der Waals surface area contributed by atoms with Crippen LogP contribution in [0.3, 0.4) is 0 Å². The Bertz CT molecular complexity index is 585. The number of hydrogen-bond acceptors (Lipinski definition) is 3. The van der Waals surface area contributed by atoms with Gasteiger partial charge in [-0.1, -0.05) is 0 Å². The van der Waals surface area contributed by atoms with Gasteiger partial charge < -0.3 is 10.2 Å². The van der Waals surface area contributed by atoms with Crippen LogP contribution in [0.5, 0.6) is 0 Å². The summed E-state index contributed by atoms with van der Waals surface area (Å²) in [5, 5.41) is 7.06. The number of rotatable bonds is 6. The van der Waals surface area contributed by atoms with Gasteiger partial charge in [0.05, 0.1) is 0 Å². The van der Waals surface area contributed by atoms with Crippen molar-refractivity contribution in [2.24, 2.45) is 0 Å². The third-order valence-electron chi connectivity index (χ3n) is 3.45. The Kier molecular flexibility index (Phi) is 4.98. The SMILES string of the molecule is CCN(CC)c1ccc(NC(=O)c2ccn(CC)n2)cc1. The van der Waals surface area contributed by atoms with Crippen LogP contribution >= 0.6 is 0 Å². The Morgan fingerprint density at radius 2 is 1.81 bits per heavy atom. The molecule has 1 aromatic carbocycles. The molecule has 0 spiro atoms. The van der Waals surface area contributed by atoms with Crippen LogP contribution in [0.25, 0.3) is 0 Å². The lowest BCUT2D eigenvalue weighted by Crippen LogP contribution is -2.21. The van der Waals surface area contributed by atoms with Gasteiger partial charge in [-0.3, -0.25) is 9.48 Å². The van der Waals surface area contributed by atoms with Crippen molar-refractivity contribution < 1.29 is 4.79 Å².